The number of carbonyl (C=O) groups is 1. The predicted molar refractivity (Wildman–Crippen MR) is 171 cm³/mol. The Hall–Kier alpha value is -3.52. The van der Waals surface area contributed by atoms with Crippen LogP contribution in [0.1, 0.15) is 30.6 Å². The predicted octanol–water partition coefficient (Wildman–Crippen LogP) is 7.04. The fourth-order valence-electron chi connectivity index (χ4n) is 5.12. The van der Waals surface area contributed by atoms with Gasteiger partial charge in [-0.15, -0.1) is 0 Å². The van der Waals surface area contributed by atoms with Crippen LogP contribution in [0.15, 0.2) is 139 Å². The topological polar surface area (TPSA) is 26.3 Å². The third-order valence-electron chi connectivity index (χ3n) is 7.05. The Kier molecular flexibility index (Phi) is 9.51. The number of allylic oxidation sites excluding steroid dienone is 1. The minimum absolute atomic E-state index is 0.284. The molecule has 0 unspecified atom stereocenters. The van der Waals surface area contributed by atoms with Gasteiger partial charge in [0, 0.05) is 6.42 Å². The van der Waals surface area contributed by atoms with Crippen molar-refractivity contribution in [1.82, 2.24) is 0 Å². The molecule has 0 bridgehead atoms. The van der Waals surface area contributed by atoms with Gasteiger partial charge in [-0.25, -0.2) is 4.79 Å². The summed E-state index contributed by atoms with van der Waals surface area (Å²) in [5, 5.41) is 5.92. The summed E-state index contributed by atoms with van der Waals surface area (Å²) in [5.74, 6) is -0.284. The number of rotatable bonds is 10. The van der Waals surface area contributed by atoms with Gasteiger partial charge < -0.3 is 4.74 Å². The van der Waals surface area contributed by atoms with Crippen LogP contribution in [-0.4, -0.2) is 20.1 Å². The van der Waals surface area contributed by atoms with Gasteiger partial charge in [-0.2, -0.15) is 0 Å². The van der Waals surface area contributed by atoms with E-state index in [1.54, 1.807) is 0 Å². The van der Waals surface area contributed by atoms with Crippen LogP contribution in [0.5, 0.6) is 0 Å². The molecule has 2 nitrogen and oxygen atoms in total. The van der Waals surface area contributed by atoms with E-state index in [0.29, 0.717) is 12.0 Å². The van der Waals surface area contributed by atoms with E-state index in [1.165, 1.54) is 21.0 Å². The summed E-state index contributed by atoms with van der Waals surface area (Å²) < 4.78 is 6.45. The molecule has 0 aromatic heterocycles. The molecule has 0 aliphatic heterocycles. The molecule has 0 fully saturated rings. The van der Waals surface area contributed by atoms with Crippen LogP contribution < -0.4 is 21.1 Å². The molecule has 0 heterocycles. The number of carbonyl (C=O) groups excluding carboxylic acids is 1. The average molecular weight is 549 g/mol. The van der Waals surface area contributed by atoms with Crippen LogP contribution in [0, 0.1) is 0 Å². The number of benzene rings is 4. The lowest BCUT2D eigenvalue weighted by molar-refractivity contribution is 0.0388. The maximum atomic E-state index is 14.1. The van der Waals surface area contributed by atoms with E-state index in [9.17, 15) is 4.79 Å². The summed E-state index contributed by atoms with van der Waals surface area (Å²) in [6.07, 6.45) is 2.39. The summed E-state index contributed by atoms with van der Waals surface area (Å²) in [4.78, 5) is 14.1. The van der Waals surface area contributed by atoms with E-state index in [2.05, 4.69) is 112 Å². The molecular formula is C35H37O2PSi. The van der Waals surface area contributed by atoms with Crippen molar-refractivity contribution in [1.29, 1.82) is 0 Å². The highest BCUT2D eigenvalue weighted by Crippen LogP contribution is 2.35. The molecule has 4 rings (SSSR count). The molecule has 0 aliphatic rings. The third-order valence-corrected chi connectivity index (χ3v) is 13.4. The smallest absolute Gasteiger partial charge is 0.339 e. The zero-order valence-corrected chi connectivity index (χ0v) is 25.2. The second-order valence-electron chi connectivity index (χ2n) is 10.3. The first kappa shape index (κ1) is 28.5. The van der Waals surface area contributed by atoms with Crippen molar-refractivity contribution < 1.29 is 9.53 Å². The van der Waals surface area contributed by atoms with Gasteiger partial charge in [0.2, 0.25) is 0 Å². The van der Waals surface area contributed by atoms with E-state index in [4.69, 9.17) is 4.74 Å². The Labute approximate surface area is 235 Å². The lowest BCUT2D eigenvalue weighted by atomic mass is 10.1. The molecule has 1 atom stereocenters. The monoisotopic (exact) mass is 548 g/mol. The van der Waals surface area contributed by atoms with Crippen LogP contribution in [0.25, 0.3) is 0 Å². The minimum atomic E-state index is -2.10. The number of hydrogen-bond acceptors (Lipinski definition) is 2. The maximum absolute atomic E-state index is 14.1. The maximum Gasteiger partial charge on any atom is 0.339 e. The van der Waals surface area contributed by atoms with Gasteiger partial charge in [-0.1, -0.05) is 146 Å². The summed E-state index contributed by atoms with van der Waals surface area (Å²) in [7, 11) is -3.04. The second-order valence-corrected chi connectivity index (χ2v) is 16.9. The fraction of sp³-hybridized carbons (Fsp3) is 0.171. The molecule has 4 aromatic rings. The minimum Gasteiger partial charge on any atom is -0.454 e. The van der Waals surface area contributed by atoms with Crippen molar-refractivity contribution in [3.63, 3.8) is 0 Å². The van der Waals surface area contributed by atoms with Crippen LogP contribution >= 0.6 is 7.92 Å². The van der Waals surface area contributed by atoms with Crippen LogP contribution in [0.4, 0.5) is 0 Å². The largest absolute Gasteiger partial charge is 0.454 e. The first-order valence-electron chi connectivity index (χ1n) is 13.4. The highest BCUT2D eigenvalue weighted by atomic mass is 31.1. The lowest BCUT2D eigenvalue weighted by Gasteiger charge is -2.33. The third kappa shape index (κ3) is 6.74. The van der Waals surface area contributed by atoms with Crippen LogP contribution in [-0.2, 0) is 4.74 Å². The zero-order valence-electron chi connectivity index (χ0n) is 23.3. The van der Waals surface area contributed by atoms with Crippen molar-refractivity contribution >= 4 is 43.1 Å². The van der Waals surface area contributed by atoms with Gasteiger partial charge >= 0.3 is 5.97 Å². The van der Waals surface area contributed by atoms with E-state index in [0.717, 1.165) is 10.9 Å². The van der Waals surface area contributed by atoms with E-state index in [-0.39, 0.29) is 12.1 Å². The standard InChI is InChI=1S/C35H37O2PSi/c1-6-34(39(4,5)30-22-14-9-15-23-30)32(26-27(2)3)37-35(36)31-24-16-17-25-33(31)38(28-18-10-7-11-19-28)29-20-12-8-13-21-29/h6-25,32H,2,26H2,1,3-5H3/b34-6-/t32-/m0/s1. The first-order chi connectivity index (χ1) is 18.8. The molecule has 198 valence electrons. The fourth-order valence-corrected chi connectivity index (χ4v) is 10.6. The molecule has 0 N–H and O–H groups in total. The average Bonchev–Trinajstić information content (AvgIpc) is 2.95. The van der Waals surface area contributed by atoms with E-state index in [1.807, 2.05) is 43.3 Å². The molecule has 0 spiro atoms. The highest BCUT2D eigenvalue weighted by molar-refractivity contribution is 7.80. The Bertz CT molecular complexity index is 1390. The Balaban J connectivity index is 1.75. The molecule has 0 aliphatic carbocycles. The van der Waals surface area contributed by atoms with Gasteiger partial charge in [0.25, 0.3) is 0 Å². The summed E-state index contributed by atoms with van der Waals surface area (Å²) in [6, 6.07) is 39.4. The van der Waals surface area contributed by atoms with Crippen LogP contribution in [0.2, 0.25) is 13.1 Å². The number of ether oxygens (including phenoxy) is 1. The van der Waals surface area contributed by atoms with Crippen molar-refractivity contribution in [2.24, 2.45) is 0 Å². The molecule has 4 heteroatoms. The second kappa shape index (κ2) is 13.0. The van der Waals surface area contributed by atoms with Gasteiger partial charge in [0.05, 0.1) is 5.56 Å². The summed E-state index contributed by atoms with van der Waals surface area (Å²) >= 11 is 0. The Morgan fingerprint density at radius 2 is 1.31 bits per heavy atom. The molecule has 0 saturated heterocycles. The van der Waals surface area contributed by atoms with Crippen molar-refractivity contribution in [2.75, 3.05) is 0 Å². The van der Waals surface area contributed by atoms with E-state index < -0.39 is 16.0 Å². The van der Waals surface area contributed by atoms with Crippen molar-refractivity contribution in [3.8, 4) is 0 Å². The van der Waals surface area contributed by atoms with Gasteiger partial charge in [0.1, 0.15) is 14.2 Å². The SMILES string of the molecule is C=C(C)C[C@H](OC(=O)c1ccccc1P(c1ccccc1)c1ccccc1)/C(=C/C)[Si](C)(C)c1ccccc1. The molecule has 4 aromatic carbocycles. The van der Waals surface area contributed by atoms with Gasteiger partial charge in [-0.3, -0.25) is 0 Å². The van der Waals surface area contributed by atoms with Crippen molar-refractivity contribution in [3.05, 3.63) is 144 Å². The van der Waals surface area contributed by atoms with Crippen molar-refractivity contribution in [2.45, 2.75) is 39.5 Å². The summed E-state index contributed by atoms with van der Waals surface area (Å²) in [6.45, 7) is 12.9. The number of esters is 1. The zero-order chi connectivity index (χ0) is 27.8. The Morgan fingerprint density at radius 3 is 1.82 bits per heavy atom. The van der Waals surface area contributed by atoms with Gasteiger partial charge in [-0.05, 0) is 48.9 Å². The lowest BCUT2D eigenvalue weighted by Crippen LogP contribution is -2.48. The molecule has 0 saturated carbocycles. The molecule has 39 heavy (non-hydrogen) atoms. The quantitative estimate of drug-likeness (QED) is 0.0920. The summed E-state index contributed by atoms with van der Waals surface area (Å²) in [5.41, 5.74) is 1.62. The van der Waals surface area contributed by atoms with Crippen LogP contribution in [0.3, 0.4) is 0 Å². The highest BCUT2D eigenvalue weighted by Gasteiger charge is 2.35. The number of hydrogen-bond donors (Lipinski definition) is 0. The van der Waals surface area contributed by atoms with E-state index >= 15 is 0 Å². The van der Waals surface area contributed by atoms with Gasteiger partial charge in [0.15, 0.2) is 0 Å². The molecule has 0 amide bonds. The normalized spacial score (nSPS) is 12.7. The molecule has 0 radical (unpaired) electrons. The Morgan fingerprint density at radius 1 is 0.821 bits per heavy atom. The molecular weight excluding hydrogens is 511 g/mol. The first-order valence-corrected chi connectivity index (χ1v) is 17.7.